The molecule has 0 amide bonds. The molecule has 0 aliphatic carbocycles. The SMILES string of the molecule is Cc1cccc(Oc2cc(Br)ccc2CCl)c1[N+](=O)[O-]. The van der Waals surface area contributed by atoms with Gasteiger partial charge in [-0.3, -0.25) is 10.1 Å². The number of para-hydroxylation sites is 1. The predicted octanol–water partition coefficient (Wildman–Crippen LogP) is 5.20. The summed E-state index contributed by atoms with van der Waals surface area (Å²) in [6.45, 7) is 1.67. The Morgan fingerprint density at radius 2 is 2.05 bits per heavy atom. The molecule has 0 bridgehead atoms. The summed E-state index contributed by atoms with van der Waals surface area (Å²) in [5.41, 5.74) is 1.29. The molecule has 2 aromatic carbocycles. The van der Waals surface area contributed by atoms with Gasteiger partial charge in [0.2, 0.25) is 5.75 Å². The molecular formula is C14H11BrClNO3. The molecule has 0 aromatic heterocycles. The fraction of sp³-hybridized carbons (Fsp3) is 0.143. The van der Waals surface area contributed by atoms with E-state index in [1.54, 1.807) is 31.2 Å². The van der Waals surface area contributed by atoms with Gasteiger partial charge in [-0.05, 0) is 25.1 Å². The van der Waals surface area contributed by atoms with Crippen LogP contribution in [0.1, 0.15) is 11.1 Å². The first-order valence-corrected chi connectivity index (χ1v) is 7.12. The number of halogens is 2. The number of ether oxygens (including phenoxy) is 1. The Balaban J connectivity index is 2.48. The predicted molar refractivity (Wildman–Crippen MR) is 81.6 cm³/mol. The minimum absolute atomic E-state index is 0.0343. The fourth-order valence-corrected chi connectivity index (χ4v) is 2.36. The number of nitro groups is 1. The molecule has 0 aliphatic heterocycles. The van der Waals surface area contributed by atoms with Crippen molar-refractivity contribution in [1.82, 2.24) is 0 Å². The molecule has 0 saturated heterocycles. The molecule has 0 unspecified atom stereocenters. The van der Waals surface area contributed by atoms with E-state index in [1.807, 2.05) is 12.1 Å². The van der Waals surface area contributed by atoms with Gasteiger partial charge in [0.25, 0.3) is 0 Å². The van der Waals surface area contributed by atoms with E-state index in [9.17, 15) is 10.1 Å². The van der Waals surface area contributed by atoms with Gasteiger partial charge in [0.15, 0.2) is 0 Å². The maximum Gasteiger partial charge on any atom is 0.314 e. The highest BCUT2D eigenvalue weighted by molar-refractivity contribution is 9.10. The first kappa shape index (κ1) is 14.8. The maximum absolute atomic E-state index is 11.1. The third-order valence-corrected chi connectivity index (χ3v) is 3.56. The number of hydrogen-bond donors (Lipinski definition) is 0. The van der Waals surface area contributed by atoms with Crippen molar-refractivity contribution in [3.63, 3.8) is 0 Å². The summed E-state index contributed by atoms with van der Waals surface area (Å²) >= 11 is 9.20. The minimum Gasteiger partial charge on any atom is -0.450 e. The van der Waals surface area contributed by atoms with Crippen LogP contribution < -0.4 is 4.74 Å². The molecule has 104 valence electrons. The van der Waals surface area contributed by atoms with Gasteiger partial charge in [-0.1, -0.05) is 34.1 Å². The maximum atomic E-state index is 11.1. The van der Waals surface area contributed by atoms with Crippen molar-refractivity contribution in [2.24, 2.45) is 0 Å². The Morgan fingerprint density at radius 3 is 2.70 bits per heavy atom. The summed E-state index contributed by atoms with van der Waals surface area (Å²) in [7, 11) is 0. The molecule has 20 heavy (non-hydrogen) atoms. The van der Waals surface area contributed by atoms with Crippen LogP contribution in [0.3, 0.4) is 0 Å². The van der Waals surface area contributed by atoms with E-state index in [0.717, 1.165) is 10.0 Å². The smallest absolute Gasteiger partial charge is 0.314 e. The van der Waals surface area contributed by atoms with E-state index in [0.29, 0.717) is 11.3 Å². The topological polar surface area (TPSA) is 52.4 Å². The summed E-state index contributed by atoms with van der Waals surface area (Å²) in [6, 6.07) is 10.4. The van der Waals surface area contributed by atoms with E-state index >= 15 is 0 Å². The molecule has 0 N–H and O–H groups in total. The normalized spacial score (nSPS) is 10.3. The Kier molecular flexibility index (Phi) is 4.62. The van der Waals surface area contributed by atoms with E-state index in [-0.39, 0.29) is 17.3 Å². The first-order valence-electron chi connectivity index (χ1n) is 5.79. The molecule has 0 aliphatic rings. The van der Waals surface area contributed by atoms with E-state index in [2.05, 4.69) is 15.9 Å². The molecule has 0 atom stereocenters. The number of rotatable bonds is 4. The fourth-order valence-electron chi connectivity index (χ4n) is 1.80. The van der Waals surface area contributed by atoms with Gasteiger partial charge in [0, 0.05) is 15.6 Å². The number of alkyl halides is 1. The second kappa shape index (κ2) is 6.24. The third-order valence-electron chi connectivity index (χ3n) is 2.78. The molecule has 4 nitrogen and oxygen atoms in total. The standard InChI is InChI=1S/C14H11BrClNO3/c1-9-3-2-4-12(14(9)17(18)19)20-13-7-11(15)6-5-10(13)8-16/h2-7H,8H2,1H3. The summed E-state index contributed by atoms with van der Waals surface area (Å²) in [5, 5.41) is 11.1. The lowest BCUT2D eigenvalue weighted by Gasteiger charge is -2.11. The molecule has 0 fully saturated rings. The zero-order chi connectivity index (χ0) is 14.7. The second-order valence-corrected chi connectivity index (χ2v) is 5.35. The van der Waals surface area contributed by atoms with Crippen molar-refractivity contribution in [3.05, 3.63) is 62.1 Å². The highest BCUT2D eigenvalue weighted by Crippen LogP contribution is 2.36. The number of nitrogens with zero attached hydrogens (tertiary/aromatic N) is 1. The zero-order valence-electron chi connectivity index (χ0n) is 10.6. The van der Waals surface area contributed by atoms with Gasteiger partial charge in [-0.25, -0.2) is 0 Å². The van der Waals surface area contributed by atoms with Crippen molar-refractivity contribution in [2.45, 2.75) is 12.8 Å². The van der Waals surface area contributed by atoms with E-state index in [1.165, 1.54) is 0 Å². The van der Waals surface area contributed by atoms with Gasteiger partial charge < -0.3 is 4.74 Å². The van der Waals surface area contributed by atoms with Crippen LogP contribution in [-0.2, 0) is 5.88 Å². The number of nitro benzene ring substituents is 1. The van der Waals surface area contributed by atoms with Gasteiger partial charge in [0.05, 0.1) is 10.8 Å². The summed E-state index contributed by atoms with van der Waals surface area (Å²) in [5.74, 6) is 0.977. The molecule has 0 saturated carbocycles. The molecule has 0 spiro atoms. The number of aryl methyl sites for hydroxylation is 1. The largest absolute Gasteiger partial charge is 0.450 e. The number of hydrogen-bond acceptors (Lipinski definition) is 3. The van der Waals surface area contributed by atoms with Crippen LogP contribution >= 0.6 is 27.5 Å². The van der Waals surface area contributed by atoms with Crippen LogP contribution in [0.2, 0.25) is 0 Å². The van der Waals surface area contributed by atoms with Crippen LogP contribution in [0.25, 0.3) is 0 Å². The Morgan fingerprint density at radius 1 is 1.30 bits per heavy atom. The van der Waals surface area contributed by atoms with Crippen molar-refractivity contribution in [1.29, 1.82) is 0 Å². The Bertz CT molecular complexity index is 661. The molecule has 0 heterocycles. The van der Waals surface area contributed by atoms with Gasteiger partial charge in [0.1, 0.15) is 5.75 Å². The Labute approximate surface area is 129 Å². The first-order chi connectivity index (χ1) is 9.52. The van der Waals surface area contributed by atoms with Crippen LogP contribution in [0, 0.1) is 17.0 Å². The van der Waals surface area contributed by atoms with Gasteiger partial charge in [-0.15, -0.1) is 11.6 Å². The molecule has 2 aromatic rings. The third kappa shape index (κ3) is 3.11. The van der Waals surface area contributed by atoms with Crippen LogP contribution in [0.4, 0.5) is 5.69 Å². The highest BCUT2D eigenvalue weighted by Gasteiger charge is 2.19. The minimum atomic E-state index is -0.441. The van der Waals surface area contributed by atoms with E-state index in [4.69, 9.17) is 16.3 Å². The average molecular weight is 357 g/mol. The zero-order valence-corrected chi connectivity index (χ0v) is 12.9. The molecule has 0 radical (unpaired) electrons. The van der Waals surface area contributed by atoms with Crippen molar-refractivity contribution in [3.8, 4) is 11.5 Å². The number of benzene rings is 2. The lowest BCUT2D eigenvalue weighted by atomic mass is 10.2. The second-order valence-electron chi connectivity index (χ2n) is 4.17. The monoisotopic (exact) mass is 355 g/mol. The van der Waals surface area contributed by atoms with Gasteiger partial charge >= 0.3 is 5.69 Å². The quantitative estimate of drug-likeness (QED) is 0.430. The van der Waals surface area contributed by atoms with Gasteiger partial charge in [-0.2, -0.15) is 0 Å². The molecule has 6 heteroatoms. The van der Waals surface area contributed by atoms with Crippen molar-refractivity contribution < 1.29 is 9.66 Å². The van der Waals surface area contributed by atoms with E-state index < -0.39 is 4.92 Å². The molecule has 2 rings (SSSR count). The molecular weight excluding hydrogens is 346 g/mol. The van der Waals surface area contributed by atoms with Crippen LogP contribution in [0.15, 0.2) is 40.9 Å². The Hall–Kier alpha value is -1.59. The van der Waals surface area contributed by atoms with Crippen molar-refractivity contribution in [2.75, 3.05) is 0 Å². The summed E-state index contributed by atoms with van der Waals surface area (Å²) in [6.07, 6.45) is 0. The average Bonchev–Trinajstić information content (AvgIpc) is 2.38. The summed E-state index contributed by atoms with van der Waals surface area (Å²) in [4.78, 5) is 10.7. The lowest BCUT2D eigenvalue weighted by molar-refractivity contribution is -0.386. The highest BCUT2D eigenvalue weighted by atomic mass is 79.9. The van der Waals surface area contributed by atoms with Crippen molar-refractivity contribution >= 4 is 33.2 Å². The lowest BCUT2D eigenvalue weighted by Crippen LogP contribution is -1.97. The van der Waals surface area contributed by atoms with Crippen LogP contribution in [-0.4, -0.2) is 4.92 Å². The van der Waals surface area contributed by atoms with Crippen LogP contribution in [0.5, 0.6) is 11.5 Å². The summed E-state index contributed by atoms with van der Waals surface area (Å²) < 4.78 is 6.51.